The van der Waals surface area contributed by atoms with Crippen LogP contribution in [0.4, 0.5) is 5.82 Å². The standard InChI is InChI=1S/C11H15N5S/c1-4-9-10(12-2)13-7-14-11(9)17-8-5-15-16(3)6-8/h5-7H,4H2,1-3H3,(H,12,13,14). The van der Waals surface area contributed by atoms with E-state index in [-0.39, 0.29) is 0 Å². The third kappa shape index (κ3) is 2.58. The van der Waals surface area contributed by atoms with Crippen molar-refractivity contribution in [3.05, 3.63) is 24.3 Å². The van der Waals surface area contributed by atoms with Crippen molar-refractivity contribution in [3.63, 3.8) is 0 Å². The van der Waals surface area contributed by atoms with E-state index in [1.54, 1.807) is 22.8 Å². The maximum atomic E-state index is 4.34. The molecule has 6 heteroatoms. The summed E-state index contributed by atoms with van der Waals surface area (Å²) in [5.41, 5.74) is 1.14. The number of hydrogen-bond donors (Lipinski definition) is 1. The van der Waals surface area contributed by atoms with Crippen molar-refractivity contribution >= 4 is 17.6 Å². The summed E-state index contributed by atoms with van der Waals surface area (Å²) >= 11 is 1.61. The molecule has 2 rings (SSSR count). The first-order chi connectivity index (χ1) is 8.24. The van der Waals surface area contributed by atoms with Crippen LogP contribution in [0.3, 0.4) is 0 Å². The van der Waals surface area contributed by atoms with E-state index < -0.39 is 0 Å². The van der Waals surface area contributed by atoms with Gasteiger partial charge in [-0.2, -0.15) is 5.10 Å². The summed E-state index contributed by atoms with van der Waals surface area (Å²) in [6.07, 6.45) is 6.31. The van der Waals surface area contributed by atoms with Crippen LogP contribution in [0.15, 0.2) is 28.6 Å². The van der Waals surface area contributed by atoms with Crippen LogP contribution in [0.5, 0.6) is 0 Å². The highest BCUT2D eigenvalue weighted by atomic mass is 32.2. The SMILES string of the molecule is CCc1c(NC)ncnc1Sc1cnn(C)c1. The molecule has 0 radical (unpaired) electrons. The topological polar surface area (TPSA) is 55.6 Å². The monoisotopic (exact) mass is 249 g/mol. The Morgan fingerprint density at radius 1 is 1.41 bits per heavy atom. The molecule has 5 nitrogen and oxygen atoms in total. The number of anilines is 1. The molecule has 17 heavy (non-hydrogen) atoms. The highest BCUT2D eigenvalue weighted by Gasteiger charge is 2.10. The van der Waals surface area contributed by atoms with E-state index in [1.807, 2.05) is 26.5 Å². The van der Waals surface area contributed by atoms with Crippen molar-refractivity contribution in [2.24, 2.45) is 7.05 Å². The van der Waals surface area contributed by atoms with Crippen LogP contribution >= 0.6 is 11.8 Å². The molecule has 0 fully saturated rings. The summed E-state index contributed by atoms with van der Waals surface area (Å²) in [5, 5.41) is 8.23. The Labute approximate surface area is 105 Å². The first-order valence-corrected chi connectivity index (χ1v) is 6.24. The summed E-state index contributed by atoms with van der Waals surface area (Å²) in [7, 11) is 3.78. The van der Waals surface area contributed by atoms with Gasteiger partial charge < -0.3 is 5.32 Å². The smallest absolute Gasteiger partial charge is 0.133 e. The van der Waals surface area contributed by atoms with Gasteiger partial charge in [0.2, 0.25) is 0 Å². The van der Waals surface area contributed by atoms with E-state index in [4.69, 9.17) is 0 Å². The molecule has 0 bridgehead atoms. The molecule has 0 amide bonds. The van der Waals surface area contributed by atoms with Gasteiger partial charge in [-0.3, -0.25) is 4.68 Å². The molecule has 0 aliphatic rings. The minimum atomic E-state index is 0.897. The van der Waals surface area contributed by atoms with Gasteiger partial charge in [-0.05, 0) is 6.42 Å². The van der Waals surface area contributed by atoms with Crippen molar-refractivity contribution in [1.82, 2.24) is 19.7 Å². The van der Waals surface area contributed by atoms with Crippen LogP contribution in [-0.2, 0) is 13.5 Å². The Morgan fingerprint density at radius 2 is 2.24 bits per heavy atom. The fourth-order valence-corrected chi connectivity index (χ4v) is 2.57. The van der Waals surface area contributed by atoms with Gasteiger partial charge in [-0.1, -0.05) is 18.7 Å². The third-order valence-corrected chi connectivity index (χ3v) is 3.38. The highest BCUT2D eigenvalue weighted by molar-refractivity contribution is 7.99. The number of aromatic nitrogens is 4. The van der Waals surface area contributed by atoms with Crippen LogP contribution in [0.2, 0.25) is 0 Å². The lowest BCUT2D eigenvalue weighted by Crippen LogP contribution is -2.01. The maximum Gasteiger partial charge on any atom is 0.133 e. The Morgan fingerprint density at radius 3 is 2.82 bits per heavy atom. The molecule has 2 heterocycles. The first-order valence-electron chi connectivity index (χ1n) is 5.42. The summed E-state index contributed by atoms with van der Waals surface area (Å²) < 4.78 is 1.79. The maximum absolute atomic E-state index is 4.34. The van der Waals surface area contributed by atoms with Gasteiger partial charge in [0.1, 0.15) is 17.2 Å². The molecule has 1 N–H and O–H groups in total. The molecular formula is C11H15N5S. The molecule has 2 aromatic heterocycles. The zero-order chi connectivity index (χ0) is 12.3. The molecule has 0 saturated heterocycles. The largest absolute Gasteiger partial charge is 0.373 e. The normalized spacial score (nSPS) is 10.5. The quantitative estimate of drug-likeness (QED) is 0.839. The van der Waals surface area contributed by atoms with Gasteiger partial charge in [0.05, 0.1) is 11.1 Å². The molecular weight excluding hydrogens is 234 g/mol. The number of nitrogens with zero attached hydrogens (tertiary/aromatic N) is 4. The zero-order valence-electron chi connectivity index (χ0n) is 10.1. The van der Waals surface area contributed by atoms with Gasteiger partial charge in [-0.25, -0.2) is 9.97 Å². The van der Waals surface area contributed by atoms with E-state index in [0.717, 1.165) is 27.7 Å². The predicted octanol–water partition coefficient (Wildman–Crippen LogP) is 1.97. The number of hydrogen-bond acceptors (Lipinski definition) is 5. The molecule has 0 aliphatic heterocycles. The fraction of sp³-hybridized carbons (Fsp3) is 0.364. The van der Waals surface area contributed by atoms with E-state index in [1.165, 1.54) is 0 Å². The first kappa shape index (κ1) is 11.9. The van der Waals surface area contributed by atoms with Gasteiger partial charge in [0.25, 0.3) is 0 Å². The van der Waals surface area contributed by atoms with Crippen LogP contribution in [-0.4, -0.2) is 26.8 Å². The fourth-order valence-electron chi connectivity index (χ4n) is 1.58. The van der Waals surface area contributed by atoms with Crippen molar-refractivity contribution < 1.29 is 0 Å². The van der Waals surface area contributed by atoms with Crippen molar-refractivity contribution in [1.29, 1.82) is 0 Å². The van der Waals surface area contributed by atoms with Crippen LogP contribution in [0, 0.1) is 0 Å². The van der Waals surface area contributed by atoms with Crippen molar-refractivity contribution in [2.45, 2.75) is 23.3 Å². The molecule has 0 spiro atoms. The molecule has 0 saturated carbocycles. The van der Waals surface area contributed by atoms with E-state index in [9.17, 15) is 0 Å². The second-order valence-electron chi connectivity index (χ2n) is 3.56. The Hall–Kier alpha value is -1.56. The molecule has 2 aromatic rings. The Balaban J connectivity index is 2.32. The second-order valence-corrected chi connectivity index (χ2v) is 4.62. The molecule has 0 aliphatic carbocycles. The second kappa shape index (κ2) is 5.18. The number of rotatable bonds is 4. The summed E-state index contributed by atoms with van der Waals surface area (Å²) in [6.45, 7) is 2.10. The lowest BCUT2D eigenvalue weighted by Gasteiger charge is -2.09. The van der Waals surface area contributed by atoms with Crippen molar-refractivity contribution in [2.75, 3.05) is 12.4 Å². The number of nitrogens with one attached hydrogen (secondary N) is 1. The third-order valence-electron chi connectivity index (χ3n) is 2.39. The number of aryl methyl sites for hydroxylation is 1. The average molecular weight is 249 g/mol. The Kier molecular flexibility index (Phi) is 3.63. The van der Waals surface area contributed by atoms with Gasteiger partial charge in [0.15, 0.2) is 0 Å². The van der Waals surface area contributed by atoms with Crippen LogP contribution in [0.25, 0.3) is 0 Å². The Bertz CT molecular complexity index is 508. The molecule has 0 atom stereocenters. The summed E-state index contributed by atoms with van der Waals surface area (Å²) in [5.74, 6) is 0.897. The van der Waals surface area contributed by atoms with E-state index in [2.05, 4.69) is 27.3 Å². The van der Waals surface area contributed by atoms with Crippen molar-refractivity contribution in [3.8, 4) is 0 Å². The molecule has 0 aromatic carbocycles. The highest BCUT2D eigenvalue weighted by Crippen LogP contribution is 2.30. The summed E-state index contributed by atoms with van der Waals surface area (Å²) in [6, 6.07) is 0. The van der Waals surface area contributed by atoms with E-state index >= 15 is 0 Å². The predicted molar refractivity (Wildman–Crippen MR) is 68.3 cm³/mol. The minimum Gasteiger partial charge on any atom is -0.373 e. The minimum absolute atomic E-state index is 0.897. The average Bonchev–Trinajstić information content (AvgIpc) is 2.74. The zero-order valence-corrected chi connectivity index (χ0v) is 11.0. The van der Waals surface area contributed by atoms with Crippen LogP contribution < -0.4 is 5.32 Å². The molecule has 90 valence electrons. The van der Waals surface area contributed by atoms with Gasteiger partial charge in [0, 0.05) is 25.9 Å². The lowest BCUT2D eigenvalue weighted by molar-refractivity contribution is 0.766. The molecule has 0 unspecified atom stereocenters. The van der Waals surface area contributed by atoms with Crippen LogP contribution in [0.1, 0.15) is 12.5 Å². The lowest BCUT2D eigenvalue weighted by atomic mass is 10.2. The van der Waals surface area contributed by atoms with E-state index in [0.29, 0.717) is 0 Å². The summed E-state index contributed by atoms with van der Waals surface area (Å²) in [4.78, 5) is 9.64. The van der Waals surface area contributed by atoms with Gasteiger partial charge >= 0.3 is 0 Å². The van der Waals surface area contributed by atoms with Gasteiger partial charge in [-0.15, -0.1) is 0 Å².